The van der Waals surface area contributed by atoms with Crippen molar-refractivity contribution in [1.29, 1.82) is 0 Å². The zero-order valence-corrected chi connectivity index (χ0v) is 9.36. The fourth-order valence-corrected chi connectivity index (χ4v) is 1.69. The standard InChI is InChI=1S/C12H15N3/c1-4-15-8-12(7-13-15)11-5-9(2)14-10(3)6-11/h5-8H,4H2,1-3H3. The third kappa shape index (κ3) is 2.06. The molecule has 0 N–H and O–H groups in total. The lowest BCUT2D eigenvalue weighted by Crippen LogP contribution is -1.92. The molecule has 0 aliphatic heterocycles. The van der Waals surface area contributed by atoms with E-state index >= 15 is 0 Å². The van der Waals surface area contributed by atoms with Gasteiger partial charge in [-0.2, -0.15) is 5.10 Å². The Balaban J connectivity index is 2.44. The van der Waals surface area contributed by atoms with Crippen LogP contribution < -0.4 is 0 Å². The first kappa shape index (κ1) is 9.90. The molecule has 2 aromatic heterocycles. The molecule has 2 rings (SSSR count). The first-order valence-corrected chi connectivity index (χ1v) is 5.17. The minimum absolute atomic E-state index is 0.906. The van der Waals surface area contributed by atoms with Crippen molar-refractivity contribution in [2.24, 2.45) is 0 Å². The van der Waals surface area contributed by atoms with Crippen molar-refractivity contribution in [3.05, 3.63) is 35.9 Å². The van der Waals surface area contributed by atoms with Crippen LogP contribution in [0.5, 0.6) is 0 Å². The van der Waals surface area contributed by atoms with Gasteiger partial charge < -0.3 is 0 Å². The largest absolute Gasteiger partial charge is 0.272 e. The van der Waals surface area contributed by atoms with Crippen LogP contribution in [0.3, 0.4) is 0 Å². The lowest BCUT2D eigenvalue weighted by molar-refractivity contribution is 0.660. The van der Waals surface area contributed by atoms with E-state index in [2.05, 4.69) is 35.3 Å². The van der Waals surface area contributed by atoms with Crippen LogP contribution in [0.1, 0.15) is 18.3 Å². The predicted octanol–water partition coefficient (Wildman–Crippen LogP) is 2.58. The Morgan fingerprint density at radius 1 is 1.13 bits per heavy atom. The lowest BCUT2D eigenvalue weighted by Gasteiger charge is -2.01. The minimum atomic E-state index is 0.906. The highest BCUT2D eigenvalue weighted by Gasteiger charge is 2.02. The number of nitrogens with zero attached hydrogens (tertiary/aromatic N) is 3. The van der Waals surface area contributed by atoms with Crippen LogP contribution in [0.15, 0.2) is 24.5 Å². The minimum Gasteiger partial charge on any atom is -0.272 e. The summed E-state index contributed by atoms with van der Waals surface area (Å²) in [6.45, 7) is 7.02. The highest BCUT2D eigenvalue weighted by molar-refractivity contribution is 5.62. The molecular weight excluding hydrogens is 186 g/mol. The highest BCUT2D eigenvalue weighted by Crippen LogP contribution is 2.19. The van der Waals surface area contributed by atoms with E-state index in [-0.39, 0.29) is 0 Å². The van der Waals surface area contributed by atoms with E-state index in [1.54, 1.807) is 0 Å². The van der Waals surface area contributed by atoms with Gasteiger partial charge in [0.05, 0.1) is 6.20 Å². The molecule has 0 unspecified atom stereocenters. The van der Waals surface area contributed by atoms with Gasteiger partial charge in [-0.05, 0) is 38.5 Å². The van der Waals surface area contributed by atoms with Crippen molar-refractivity contribution in [2.75, 3.05) is 0 Å². The Bertz CT molecular complexity index is 451. The van der Waals surface area contributed by atoms with Gasteiger partial charge in [-0.3, -0.25) is 9.67 Å². The van der Waals surface area contributed by atoms with Crippen molar-refractivity contribution >= 4 is 0 Å². The van der Waals surface area contributed by atoms with Gasteiger partial charge in [-0.1, -0.05) is 0 Å². The zero-order valence-electron chi connectivity index (χ0n) is 9.36. The van der Waals surface area contributed by atoms with Gasteiger partial charge in [-0.25, -0.2) is 0 Å². The third-order valence-corrected chi connectivity index (χ3v) is 2.37. The number of hydrogen-bond acceptors (Lipinski definition) is 2. The third-order valence-electron chi connectivity index (χ3n) is 2.37. The molecule has 0 bridgehead atoms. The fraction of sp³-hybridized carbons (Fsp3) is 0.333. The molecule has 0 aromatic carbocycles. The average molecular weight is 201 g/mol. The molecule has 0 saturated heterocycles. The SMILES string of the molecule is CCn1cc(-c2cc(C)nc(C)c2)cn1. The second kappa shape index (κ2) is 3.85. The lowest BCUT2D eigenvalue weighted by atomic mass is 10.1. The van der Waals surface area contributed by atoms with Crippen LogP contribution in [0.2, 0.25) is 0 Å². The Hall–Kier alpha value is -1.64. The number of hydrogen-bond donors (Lipinski definition) is 0. The van der Waals surface area contributed by atoms with Gasteiger partial charge in [-0.15, -0.1) is 0 Å². The predicted molar refractivity (Wildman–Crippen MR) is 60.6 cm³/mol. The van der Waals surface area contributed by atoms with E-state index in [1.807, 2.05) is 24.7 Å². The molecule has 2 heterocycles. The van der Waals surface area contributed by atoms with Crippen LogP contribution >= 0.6 is 0 Å². The van der Waals surface area contributed by atoms with E-state index in [0.717, 1.165) is 23.5 Å². The molecule has 0 fully saturated rings. The molecule has 78 valence electrons. The van der Waals surface area contributed by atoms with Crippen molar-refractivity contribution in [1.82, 2.24) is 14.8 Å². The molecule has 3 nitrogen and oxygen atoms in total. The number of rotatable bonds is 2. The number of aromatic nitrogens is 3. The van der Waals surface area contributed by atoms with Crippen molar-refractivity contribution in [3.8, 4) is 11.1 Å². The van der Waals surface area contributed by atoms with E-state index in [4.69, 9.17) is 0 Å². The molecule has 15 heavy (non-hydrogen) atoms. The van der Waals surface area contributed by atoms with Crippen molar-refractivity contribution < 1.29 is 0 Å². The van der Waals surface area contributed by atoms with Gasteiger partial charge in [0.2, 0.25) is 0 Å². The summed E-state index contributed by atoms with van der Waals surface area (Å²) in [6, 6.07) is 4.17. The van der Waals surface area contributed by atoms with Gasteiger partial charge in [0.1, 0.15) is 0 Å². The van der Waals surface area contributed by atoms with E-state index in [9.17, 15) is 0 Å². The highest BCUT2D eigenvalue weighted by atomic mass is 15.3. The maximum absolute atomic E-state index is 4.36. The number of pyridine rings is 1. The van der Waals surface area contributed by atoms with E-state index in [1.165, 1.54) is 5.56 Å². The van der Waals surface area contributed by atoms with E-state index < -0.39 is 0 Å². The molecule has 0 amide bonds. The molecule has 0 spiro atoms. The summed E-state index contributed by atoms with van der Waals surface area (Å²) in [4.78, 5) is 4.36. The molecule has 0 aliphatic carbocycles. The second-order valence-corrected chi connectivity index (χ2v) is 3.72. The van der Waals surface area contributed by atoms with E-state index in [0.29, 0.717) is 0 Å². The van der Waals surface area contributed by atoms with Crippen molar-refractivity contribution in [3.63, 3.8) is 0 Å². The maximum Gasteiger partial charge on any atom is 0.0568 e. The van der Waals surface area contributed by atoms with Crippen LogP contribution in [0.4, 0.5) is 0 Å². The van der Waals surface area contributed by atoms with Gasteiger partial charge in [0.15, 0.2) is 0 Å². The molecular formula is C12H15N3. The summed E-state index contributed by atoms with van der Waals surface area (Å²) in [5, 5.41) is 4.27. The zero-order chi connectivity index (χ0) is 10.8. The summed E-state index contributed by atoms with van der Waals surface area (Å²) in [5.74, 6) is 0. The molecule has 0 saturated carbocycles. The first-order chi connectivity index (χ1) is 7.19. The van der Waals surface area contributed by atoms with Gasteiger partial charge in [0.25, 0.3) is 0 Å². The normalized spacial score (nSPS) is 10.6. The summed E-state index contributed by atoms with van der Waals surface area (Å²) < 4.78 is 1.93. The average Bonchev–Trinajstić information content (AvgIpc) is 2.64. The molecule has 0 aliphatic rings. The number of aryl methyl sites for hydroxylation is 3. The maximum atomic E-state index is 4.36. The van der Waals surface area contributed by atoms with Gasteiger partial charge in [0, 0.05) is 29.7 Å². The molecule has 0 atom stereocenters. The Labute approximate surface area is 89.8 Å². The van der Waals surface area contributed by atoms with Gasteiger partial charge >= 0.3 is 0 Å². The fourth-order valence-electron chi connectivity index (χ4n) is 1.69. The Kier molecular flexibility index (Phi) is 2.54. The summed E-state index contributed by atoms with van der Waals surface area (Å²) in [5.41, 5.74) is 4.45. The summed E-state index contributed by atoms with van der Waals surface area (Å²) in [6.07, 6.45) is 3.96. The monoisotopic (exact) mass is 201 g/mol. The molecule has 3 heteroatoms. The molecule has 0 radical (unpaired) electrons. The smallest absolute Gasteiger partial charge is 0.0568 e. The Morgan fingerprint density at radius 2 is 1.80 bits per heavy atom. The van der Waals surface area contributed by atoms with Crippen LogP contribution in [-0.2, 0) is 6.54 Å². The van der Waals surface area contributed by atoms with Crippen LogP contribution in [0, 0.1) is 13.8 Å². The van der Waals surface area contributed by atoms with Crippen LogP contribution in [0.25, 0.3) is 11.1 Å². The summed E-state index contributed by atoms with van der Waals surface area (Å²) in [7, 11) is 0. The van der Waals surface area contributed by atoms with Crippen molar-refractivity contribution in [2.45, 2.75) is 27.3 Å². The quantitative estimate of drug-likeness (QED) is 0.747. The topological polar surface area (TPSA) is 30.7 Å². The Morgan fingerprint density at radius 3 is 2.33 bits per heavy atom. The molecule has 2 aromatic rings. The van der Waals surface area contributed by atoms with Crippen LogP contribution in [-0.4, -0.2) is 14.8 Å². The first-order valence-electron chi connectivity index (χ1n) is 5.17. The second-order valence-electron chi connectivity index (χ2n) is 3.72. The summed E-state index contributed by atoms with van der Waals surface area (Å²) >= 11 is 0.